The summed E-state index contributed by atoms with van der Waals surface area (Å²) in [4.78, 5) is 1.62. The third kappa shape index (κ3) is 4.99. The van der Waals surface area contributed by atoms with Crippen molar-refractivity contribution in [2.45, 2.75) is 24.8 Å². The Labute approximate surface area is 176 Å². The van der Waals surface area contributed by atoms with Gasteiger partial charge in [0.25, 0.3) is 20.2 Å². The number of hydrogen-bond acceptors (Lipinski definition) is 5. The van der Waals surface area contributed by atoms with Crippen molar-refractivity contribution in [2.75, 3.05) is 6.54 Å². The predicted octanol–water partition coefficient (Wildman–Crippen LogP) is 3.55. The number of hydrogen-bond donors (Lipinski definition) is 2. The SMILES string of the molecule is CCN(Cc1ccc(S(=O)(=O)O)cc1)C1=CC[CH]C(S(=O)(=O)O)=C1c1ccccc1. The van der Waals surface area contributed by atoms with Crippen molar-refractivity contribution in [3.05, 3.63) is 88.8 Å². The molecule has 0 heterocycles. The lowest BCUT2D eigenvalue weighted by molar-refractivity contribution is 0.367. The third-order valence-electron chi connectivity index (χ3n) is 4.77. The van der Waals surface area contributed by atoms with E-state index in [1.54, 1.807) is 36.4 Å². The molecule has 7 nitrogen and oxygen atoms in total. The Morgan fingerprint density at radius 3 is 2.07 bits per heavy atom. The van der Waals surface area contributed by atoms with Gasteiger partial charge < -0.3 is 4.90 Å². The standard InChI is InChI=1S/C21H22NO6S2/c1-2-22(15-16-11-13-18(14-12-16)29(23,24)25)19-9-6-10-20(30(26,27)28)21(19)17-7-4-3-5-8-17/h3-5,7-14H,2,6,15H2,1H3,(H,23,24,25)(H,26,27,28). The number of rotatable bonds is 7. The van der Waals surface area contributed by atoms with Gasteiger partial charge in [-0.15, -0.1) is 0 Å². The van der Waals surface area contributed by atoms with Gasteiger partial charge in [-0.2, -0.15) is 16.8 Å². The monoisotopic (exact) mass is 448 g/mol. The first-order valence-corrected chi connectivity index (χ1v) is 12.1. The average Bonchev–Trinajstić information content (AvgIpc) is 2.71. The quantitative estimate of drug-likeness (QED) is 0.623. The van der Waals surface area contributed by atoms with Gasteiger partial charge in [-0.25, -0.2) is 0 Å². The number of allylic oxidation sites excluding steroid dienone is 3. The highest BCUT2D eigenvalue weighted by molar-refractivity contribution is 7.90. The van der Waals surface area contributed by atoms with Crippen LogP contribution in [0.15, 0.2) is 76.2 Å². The molecule has 0 saturated heterocycles. The second kappa shape index (κ2) is 8.73. The van der Waals surface area contributed by atoms with Crippen LogP contribution in [0.5, 0.6) is 0 Å². The van der Waals surface area contributed by atoms with Crippen molar-refractivity contribution in [1.29, 1.82) is 0 Å². The highest BCUT2D eigenvalue weighted by Gasteiger charge is 2.28. The Hall–Kier alpha value is -2.46. The summed E-state index contributed by atoms with van der Waals surface area (Å²) in [5, 5.41) is 0. The molecule has 0 amide bonds. The molecular formula is C21H22NO6S2. The number of likely N-dealkylation sites (N-methyl/N-ethyl adjacent to an activating group) is 1. The maximum atomic E-state index is 12.1. The second-order valence-electron chi connectivity index (χ2n) is 6.74. The van der Waals surface area contributed by atoms with Gasteiger partial charge in [0.1, 0.15) is 0 Å². The first kappa shape index (κ1) is 22.2. The zero-order valence-electron chi connectivity index (χ0n) is 16.3. The maximum absolute atomic E-state index is 12.1. The molecule has 30 heavy (non-hydrogen) atoms. The van der Waals surface area contributed by atoms with Crippen LogP contribution in [0.2, 0.25) is 0 Å². The van der Waals surface area contributed by atoms with E-state index in [-0.39, 0.29) is 9.80 Å². The molecular weight excluding hydrogens is 426 g/mol. The molecule has 159 valence electrons. The fourth-order valence-electron chi connectivity index (χ4n) is 3.38. The third-order valence-corrected chi connectivity index (χ3v) is 6.57. The molecule has 0 spiro atoms. The molecule has 2 N–H and O–H groups in total. The predicted molar refractivity (Wildman–Crippen MR) is 114 cm³/mol. The summed E-state index contributed by atoms with van der Waals surface area (Å²) in [7, 11) is -8.70. The van der Waals surface area contributed by atoms with E-state index in [1.165, 1.54) is 18.6 Å². The molecule has 2 aromatic rings. The van der Waals surface area contributed by atoms with E-state index in [2.05, 4.69) is 0 Å². The van der Waals surface area contributed by atoms with Gasteiger partial charge in [0, 0.05) is 30.8 Å². The summed E-state index contributed by atoms with van der Waals surface area (Å²) in [6.07, 6.45) is 3.72. The van der Waals surface area contributed by atoms with Crippen LogP contribution < -0.4 is 0 Å². The minimum Gasteiger partial charge on any atom is -0.367 e. The van der Waals surface area contributed by atoms with E-state index in [0.717, 1.165) is 5.56 Å². The van der Waals surface area contributed by atoms with E-state index in [4.69, 9.17) is 4.55 Å². The zero-order chi connectivity index (χ0) is 21.9. The van der Waals surface area contributed by atoms with Crippen LogP contribution >= 0.6 is 0 Å². The molecule has 0 aliphatic heterocycles. The van der Waals surface area contributed by atoms with Crippen molar-refractivity contribution in [3.63, 3.8) is 0 Å². The van der Waals surface area contributed by atoms with Crippen LogP contribution in [-0.4, -0.2) is 37.4 Å². The maximum Gasteiger partial charge on any atom is 0.294 e. The van der Waals surface area contributed by atoms with Gasteiger partial charge >= 0.3 is 0 Å². The van der Waals surface area contributed by atoms with Gasteiger partial charge in [0.05, 0.1) is 9.80 Å². The first-order chi connectivity index (χ1) is 14.1. The summed E-state index contributed by atoms with van der Waals surface area (Å²) in [6.45, 7) is 2.84. The molecule has 9 heteroatoms. The zero-order valence-corrected chi connectivity index (χ0v) is 17.9. The normalized spacial score (nSPS) is 15.1. The van der Waals surface area contributed by atoms with Crippen LogP contribution in [0.4, 0.5) is 0 Å². The molecule has 2 aromatic carbocycles. The summed E-state index contributed by atoms with van der Waals surface area (Å²) < 4.78 is 65.5. The van der Waals surface area contributed by atoms with Crippen molar-refractivity contribution in [2.24, 2.45) is 0 Å². The Balaban J connectivity index is 2.02. The van der Waals surface area contributed by atoms with Gasteiger partial charge in [0.15, 0.2) is 0 Å². The van der Waals surface area contributed by atoms with E-state index in [1.807, 2.05) is 24.0 Å². The highest BCUT2D eigenvalue weighted by Crippen LogP contribution is 2.37. The molecule has 1 aliphatic carbocycles. The molecule has 0 fully saturated rings. The topological polar surface area (TPSA) is 112 Å². The Kier molecular flexibility index (Phi) is 6.47. The van der Waals surface area contributed by atoms with Crippen molar-refractivity contribution in [1.82, 2.24) is 4.90 Å². The fraction of sp³-hybridized carbons (Fsp3) is 0.190. The molecule has 0 bridgehead atoms. The first-order valence-electron chi connectivity index (χ1n) is 9.23. The van der Waals surface area contributed by atoms with Crippen LogP contribution in [0, 0.1) is 6.42 Å². The van der Waals surface area contributed by atoms with Gasteiger partial charge in [0.2, 0.25) is 0 Å². The Morgan fingerprint density at radius 1 is 0.900 bits per heavy atom. The van der Waals surface area contributed by atoms with Crippen LogP contribution in [0.25, 0.3) is 5.57 Å². The van der Waals surface area contributed by atoms with E-state index >= 15 is 0 Å². The highest BCUT2D eigenvalue weighted by atomic mass is 32.2. The largest absolute Gasteiger partial charge is 0.367 e. The van der Waals surface area contributed by atoms with Gasteiger partial charge in [-0.1, -0.05) is 48.5 Å². The summed E-state index contributed by atoms with van der Waals surface area (Å²) >= 11 is 0. The average molecular weight is 449 g/mol. The minimum absolute atomic E-state index is 0.133. The molecule has 0 aromatic heterocycles. The molecule has 1 radical (unpaired) electrons. The lowest BCUT2D eigenvalue weighted by atomic mass is 9.94. The summed E-state index contributed by atoms with van der Waals surface area (Å²) in [5.74, 6) is 0. The molecule has 0 unspecified atom stereocenters. The minimum atomic E-state index is -4.43. The molecule has 1 aliphatic rings. The van der Waals surface area contributed by atoms with E-state index in [9.17, 15) is 21.4 Å². The van der Waals surface area contributed by atoms with Crippen molar-refractivity contribution >= 4 is 25.8 Å². The van der Waals surface area contributed by atoms with Crippen LogP contribution in [0.1, 0.15) is 24.5 Å². The Bertz CT molecular complexity index is 1180. The smallest absolute Gasteiger partial charge is 0.294 e. The van der Waals surface area contributed by atoms with Crippen LogP contribution in [-0.2, 0) is 26.8 Å². The van der Waals surface area contributed by atoms with Gasteiger partial charge in [-0.3, -0.25) is 9.11 Å². The van der Waals surface area contributed by atoms with Crippen LogP contribution in [0.3, 0.4) is 0 Å². The fourth-order valence-corrected chi connectivity index (χ4v) is 4.65. The molecule has 0 atom stereocenters. The number of benzene rings is 2. The van der Waals surface area contributed by atoms with Crippen molar-refractivity contribution in [3.8, 4) is 0 Å². The second-order valence-corrected chi connectivity index (χ2v) is 9.55. The summed E-state index contributed by atoms with van der Waals surface area (Å²) in [5.41, 5.74) is 2.52. The number of nitrogens with zero attached hydrogens (tertiary/aromatic N) is 1. The lowest BCUT2D eigenvalue weighted by Crippen LogP contribution is -2.26. The Morgan fingerprint density at radius 2 is 1.53 bits per heavy atom. The molecule has 0 saturated carbocycles. The van der Waals surface area contributed by atoms with Gasteiger partial charge in [-0.05, 0) is 36.6 Å². The lowest BCUT2D eigenvalue weighted by Gasteiger charge is -2.31. The van der Waals surface area contributed by atoms with E-state index in [0.29, 0.717) is 36.3 Å². The van der Waals surface area contributed by atoms with Crippen molar-refractivity contribution < 1.29 is 25.9 Å². The van der Waals surface area contributed by atoms with E-state index < -0.39 is 20.2 Å². The summed E-state index contributed by atoms with van der Waals surface area (Å²) in [6, 6.07) is 14.8. The molecule has 3 rings (SSSR count).